The van der Waals surface area contributed by atoms with Crippen LogP contribution >= 0.6 is 0 Å². The first-order valence-corrected chi connectivity index (χ1v) is 8.50. The number of benzene rings is 1. The Hall–Kier alpha value is -0.900. The fourth-order valence-electron chi connectivity index (χ4n) is 3.68. The van der Waals surface area contributed by atoms with Gasteiger partial charge in [0.15, 0.2) is 0 Å². The van der Waals surface area contributed by atoms with E-state index in [1.54, 1.807) is 0 Å². The Balaban J connectivity index is 1.39. The molecule has 2 aliphatic rings. The second-order valence-corrected chi connectivity index (χ2v) is 6.71. The summed E-state index contributed by atoms with van der Waals surface area (Å²) in [5, 5.41) is 13.4. The van der Waals surface area contributed by atoms with Crippen molar-refractivity contribution in [2.75, 3.05) is 13.1 Å². The molecule has 1 aromatic carbocycles. The molecule has 0 spiro atoms. The minimum atomic E-state index is -0.0456. The molecule has 1 heterocycles. The van der Waals surface area contributed by atoms with Crippen molar-refractivity contribution in [3.63, 3.8) is 0 Å². The summed E-state index contributed by atoms with van der Waals surface area (Å²) in [6.45, 7) is 3.48. The van der Waals surface area contributed by atoms with Gasteiger partial charge in [-0.2, -0.15) is 0 Å². The Kier molecular flexibility index (Phi) is 5.28. The first kappa shape index (κ1) is 15.0. The first-order chi connectivity index (χ1) is 10.3. The molecule has 1 aliphatic carbocycles. The maximum Gasteiger partial charge on any atom is 0.0541 e. The van der Waals surface area contributed by atoms with Crippen LogP contribution in [0.2, 0.25) is 0 Å². The van der Waals surface area contributed by atoms with Crippen LogP contribution in [0.25, 0.3) is 0 Å². The number of piperidine rings is 1. The van der Waals surface area contributed by atoms with Crippen LogP contribution in [0.15, 0.2) is 30.3 Å². The van der Waals surface area contributed by atoms with Crippen molar-refractivity contribution in [1.82, 2.24) is 10.2 Å². The maximum absolute atomic E-state index is 9.57. The number of likely N-dealkylation sites (tertiary alicyclic amines) is 1. The fourth-order valence-corrected chi connectivity index (χ4v) is 3.68. The lowest BCUT2D eigenvalue weighted by Crippen LogP contribution is -2.47. The lowest BCUT2D eigenvalue weighted by atomic mass is 9.91. The van der Waals surface area contributed by atoms with E-state index in [4.69, 9.17) is 0 Å². The zero-order chi connectivity index (χ0) is 14.5. The van der Waals surface area contributed by atoms with E-state index >= 15 is 0 Å². The predicted octanol–water partition coefficient (Wildman–Crippen LogP) is 2.54. The van der Waals surface area contributed by atoms with E-state index in [0.29, 0.717) is 12.1 Å². The summed E-state index contributed by atoms with van der Waals surface area (Å²) >= 11 is 0. The molecule has 0 unspecified atom stereocenters. The van der Waals surface area contributed by atoms with Crippen molar-refractivity contribution in [3.8, 4) is 0 Å². The molecule has 1 aliphatic heterocycles. The van der Waals surface area contributed by atoms with E-state index in [1.165, 1.54) is 31.5 Å². The second kappa shape index (κ2) is 7.39. The summed E-state index contributed by atoms with van der Waals surface area (Å²) in [6.07, 6.45) is 6.71. The van der Waals surface area contributed by atoms with Crippen molar-refractivity contribution < 1.29 is 5.11 Å². The molecule has 0 bridgehead atoms. The normalized spacial score (nSPS) is 28.6. The van der Waals surface area contributed by atoms with Crippen LogP contribution in [0, 0.1) is 0 Å². The van der Waals surface area contributed by atoms with Gasteiger partial charge in [-0.3, -0.25) is 4.90 Å². The molecule has 21 heavy (non-hydrogen) atoms. The molecule has 2 N–H and O–H groups in total. The molecule has 0 aromatic heterocycles. The Morgan fingerprint density at radius 2 is 1.52 bits per heavy atom. The van der Waals surface area contributed by atoms with Crippen molar-refractivity contribution in [2.45, 2.75) is 63.3 Å². The van der Waals surface area contributed by atoms with Gasteiger partial charge in [0.25, 0.3) is 0 Å². The quantitative estimate of drug-likeness (QED) is 0.894. The van der Waals surface area contributed by atoms with Gasteiger partial charge in [-0.25, -0.2) is 0 Å². The third-order valence-corrected chi connectivity index (χ3v) is 5.00. The van der Waals surface area contributed by atoms with E-state index < -0.39 is 0 Å². The molecule has 0 radical (unpaired) electrons. The van der Waals surface area contributed by atoms with Gasteiger partial charge in [-0.1, -0.05) is 30.3 Å². The Morgan fingerprint density at radius 3 is 2.19 bits per heavy atom. The summed E-state index contributed by atoms with van der Waals surface area (Å²) in [7, 11) is 0. The van der Waals surface area contributed by atoms with Crippen molar-refractivity contribution in [1.29, 1.82) is 0 Å². The van der Waals surface area contributed by atoms with Gasteiger partial charge in [-0.15, -0.1) is 0 Å². The van der Waals surface area contributed by atoms with Gasteiger partial charge in [0.05, 0.1) is 6.10 Å². The van der Waals surface area contributed by atoms with Crippen LogP contribution in [-0.2, 0) is 6.54 Å². The average Bonchev–Trinajstić information content (AvgIpc) is 2.53. The highest BCUT2D eigenvalue weighted by atomic mass is 16.3. The van der Waals surface area contributed by atoms with Gasteiger partial charge in [0.2, 0.25) is 0 Å². The zero-order valence-electron chi connectivity index (χ0n) is 12.9. The molecule has 3 heteroatoms. The minimum absolute atomic E-state index is 0.0456. The number of aliphatic hydroxyl groups is 1. The van der Waals surface area contributed by atoms with Crippen molar-refractivity contribution >= 4 is 0 Å². The molecule has 0 amide bonds. The van der Waals surface area contributed by atoms with Crippen LogP contribution in [0.5, 0.6) is 0 Å². The topological polar surface area (TPSA) is 35.5 Å². The number of nitrogens with zero attached hydrogens (tertiary/aromatic N) is 1. The third-order valence-electron chi connectivity index (χ3n) is 5.00. The number of nitrogens with one attached hydrogen (secondary N) is 1. The standard InChI is InChI=1S/C18H28N2O/c21-18-8-6-16(7-9-18)19-17-10-12-20(13-11-17)14-15-4-2-1-3-5-15/h1-5,16-19,21H,6-14H2. The smallest absolute Gasteiger partial charge is 0.0541 e. The third kappa shape index (κ3) is 4.53. The number of hydrogen-bond donors (Lipinski definition) is 2. The Morgan fingerprint density at radius 1 is 0.905 bits per heavy atom. The summed E-state index contributed by atoms with van der Waals surface area (Å²) in [6, 6.07) is 12.1. The van der Waals surface area contributed by atoms with Gasteiger partial charge in [-0.05, 0) is 57.2 Å². The molecule has 1 aromatic rings. The monoisotopic (exact) mass is 288 g/mol. The molecule has 2 fully saturated rings. The molecule has 3 nitrogen and oxygen atoms in total. The van der Waals surface area contributed by atoms with Gasteiger partial charge in [0, 0.05) is 18.6 Å². The van der Waals surface area contributed by atoms with E-state index in [0.717, 1.165) is 32.2 Å². The van der Waals surface area contributed by atoms with Crippen molar-refractivity contribution in [3.05, 3.63) is 35.9 Å². The van der Waals surface area contributed by atoms with Crippen LogP contribution in [-0.4, -0.2) is 41.3 Å². The molecule has 116 valence electrons. The van der Waals surface area contributed by atoms with Gasteiger partial charge in [0.1, 0.15) is 0 Å². The van der Waals surface area contributed by atoms with Gasteiger partial charge < -0.3 is 10.4 Å². The first-order valence-electron chi connectivity index (χ1n) is 8.50. The highest BCUT2D eigenvalue weighted by Gasteiger charge is 2.24. The van der Waals surface area contributed by atoms with Crippen LogP contribution in [0.1, 0.15) is 44.1 Å². The van der Waals surface area contributed by atoms with E-state index in [9.17, 15) is 5.11 Å². The van der Waals surface area contributed by atoms with Crippen LogP contribution < -0.4 is 5.32 Å². The second-order valence-electron chi connectivity index (χ2n) is 6.71. The predicted molar refractivity (Wildman–Crippen MR) is 86.1 cm³/mol. The average molecular weight is 288 g/mol. The molecule has 1 saturated carbocycles. The van der Waals surface area contributed by atoms with E-state index in [-0.39, 0.29) is 6.10 Å². The van der Waals surface area contributed by atoms with Crippen LogP contribution in [0.3, 0.4) is 0 Å². The lowest BCUT2D eigenvalue weighted by Gasteiger charge is -2.36. The van der Waals surface area contributed by atoms with E-state index in [1.807, 2.05) is 0 Å². The number of hydrogen-bond acceptors (Lipinski definition) is 3. The van der Waals surface area contributed by atoms with Crippen LogP contribution in [0.4, 0.5) is 0 Å². The molecular weight excluding hydrogens is 260 g/mol. The Bertz CT molecular complexity index is 406. The summed E-state index contributed by atoms with van der Waals surface area (Å²) in [4.78, 5) is 2.57. The highest BCUT2D eigenvalue weighted by molar-refractivity contribution is 5.14. The largest absolute Gasteiger partial charge is 0.393 e. The Labute approximate surface area is 128 Å². The highest BCUT2D eigenvalue weighted by Crippen LogP contribution is 2.21. The molecule has 3 rings (SSSR count). The summed E-state index contributed by atoms with van der Waals surface area (Å²) < 4.78 is 0. The molecular formula is C18H28N2O. The number of aliphatic hydroxyl groups excluding tert-OH is 1. The maximum atomic E-state index is 9.57. The van der Waals surface area contributed by atoms with E-state index in [2.05, 4.69) is 40.5 Å². The SMILES string of the molecule is OC1CCC(NC2CCN(Cc3ccccc3)CC2)CC1. The fraction of sp³-hybridized carbons (Fsp3) is 0.667. The zero-order valence-corrected chi connectivity index (χ0v) is 12.9. The summed E-state index contributed by atoms with van der Waals surface area (Å²) in [5.74, 6) is 0. The molecule has 1 saturated heterocycles. The summed E-state index contributed by atoms with van der Waals surface area (Å²) in [5.41, 5.74) is 1.42. The minimum Gasteiger partial charge on any atom is -0.393 e. The van der Waals surface area contributed by atoms with Gasteiger partial charge >= 0.3 is 0 Å². The van der Waals surface area contributed by atoms with Crippen molar-refractivity contribution in [2.24, 2.45) is 0 Å². The lowest BCUT2D eigenvalue weighted by molar-refractivity contribution is 0.108. The molecule has 0 atom stereocenters. The number of rotatable bonds is 4.